The van der Waals surface area contributed by atoms with Crippen LogP contribution in [0.25, 0.3) is 0 Å². The second-order valence-electron chi connectivity index (χ2n) is 4.82. The van der Waals surface area contributed by atoms with Crippen molar-refractivity contribution in [2.24, 2.45) is 11.7 Å². The molecule has 0 saturated carbocycles. The Balaban J connectivity index is 4.29. The number of carbonyl (C=O) groups is 1. The summed E-state index contributed by atoms with van der Waals surface area (Å²) >= 11 is 0. The lowest BCUT2D eigenvalue weighted by molar-refractivity contribution is -0.193. The first kappa shape index (κ1) is 16.9. The van der Waals surface area contributed by atoms with Crippen LogP contribution >= 0.6 is 0 Å². The minimum Gasteiger partial charge on any atom is -0.444 e. The second kappa shape index (κ2) is 6.21. The van der Waals surface area contributed by atoms with Crippen molar-refractivity contribution >= 4 is 6.09 Å². The summed E-state index contributed by atoms with van der Waals surface area (Å²) in [7, 11) is 0. The largest absolute Gasteiger partial charge is 0.444 e. The van der Waals surface area contributed by atoms with Gasteiger partial charge in [0.05, 0.1) is 0 Å². The molecule has 18 heavy (non-hydrogen) atoms. The number of nitrogens with two attached hydrogens (primary N) is 1. The fourth-order valence-corrected chi connectivity index (χ4v) is 1.10. The molecule has 4 nitrogen and oxygen atoms in total. The highest BCUT2D eigenvalue weighted by Crippen LogP contribution is 2.28. The molecule has 0 aromatic heterocycles. The van der Waals surface area contributed by atoms with E-state index in [1.807, 2.05) is 0 Å². The molecule has 0 aliphatic rings. The van der Waals surface area contributed by atoms with Crippen molar-refractivity contribution in [2.75, 3.05) is 13.1 Å². The Morgan fingerprint density at radius 1 is 1.33 bits per heavy atom. The highest BCUT2D eigenvalue weighted by molar-refractivity contribution is 5.67. The van der Waals surface area contributed by atoms with Crippen molar-refractivity contribution < 1.29 is 27.1 Å². The first-order valence-electron chi connectivity index (χ1n) is 5.35. The molecule has 108 valence electrons. The first-order chi connectivity index (χ1) is 7.97. The van der Waals surface area contributed by atoms with Gasteiger partial charge in [-0.1, -0.05) is 0 Å². The van der Waals surface area contributed by atoms with Crippen LogP contribution in [0.3, 0.4) is 0 Å². The van der Waals surface area contributed by atoms with E-state index in [2.05, 4.69) is 5.32 Å². The van der Waals surface area contributed by atoms with Crippen LogP contribution < -0.4 is 11.1 Å². The SMILES string of the molecule is CC(C)(C)OC(=O)NCC(CN)C(F)C(F)(F)F. The van der Waals surface area contributed by atoms with Crippen LogP contribution in [0, 0.1) is 5.92 Å². The van der Waals surface area contributed by atoms with Gasteiger partial charge in [-0.25, -0.2) is 9.18 Å². The van der Waals surface area contributed by atoms with E-state index in [4.69, 9.17) is 10.5 Å². The number of rotatable bonds is 4. The van der Waals surface area contributed by atoms with Gasteiger partial charge in [0.2, 0.25) is 6.17 Å². The number of alkyl carbamates (subject to hydrolysis) is 1. The van der Waals surface area contributed by atoms with E-state index in [9.17, 15) is 22.4 Å². The second-order valence-corrected chi connectivity index (χ2v) is 4.82. The average molecular weight is 274 g/mol. The van der Waals surface area contributed by atoms with Gasteiger partial charge in [-0.3, -0.25) is 0 Å². The molecule has 2 unspecified atom stereocenters. The van der Waals surface area contributed by atoms with Gasteiger partial charge in [-0.2, -0.15) is 13.2 Å². The molecule has 8 heteroatoms. The summed E-state index contributed by atoms with van der Waals surface area (Å²) in [5.74, 6) is -1.53. The van der Waals surface area contributed by atoms with E-state index in [0.29, 0.717) is 0 Å². The third-order valence-corrected chi connectivity index (χ3v) is 1.94. The van der Waals surface area contributed by atoms with Gasteiger partial charge in [0, 0.05) is 12.5 Å². The van der Waals surface area contributed by atoms with Gasteiger partial charge < -0.3 is 15.8 Å². The van der Waals surface area contributed by atoms with Crippen LogP contribution in [0.2, 0.25) is 0 Å². The molecule has 0 spiro atoms. The number of hydrogen-bond donors (Lipinski definition) is 2. The number of alkyl halides is 4. The monoisotopic (exact) mass is 274 g/mol. The number of nitrogens with one attached hydrogen (secondary N) is 1. The van der Waals surface area contributed by atoms with Crippen LogP contribution in [0.5, 0.6) is 0 Å². The van der Waals surface area contributed by atoms with Crippen molar-refractivity contribution in [1.29, 1.82) is 0 Å². The van der Waals surface area contributed by atoms with Crippen LogP contribution in [0.15, 0.2) is 0 Å². The van der Waals surface area contributed by atoms with Crippen molar-refractivity contribution in [3.63, 3.8) is 0 Å². The molecule has 0 radical (unpaired) electrons. The summed E-state index contributed by atoms with van der Waals surface area (Å²) in [4.78, 5) is 11.2. The third-order valence-electron chi connectivity index (χ3n) is 1.94. The summed E-state index contributed by atoms with van der Waals surface area (Å²) in [6, 6.07) is 0. The number of hydrogen-bond acceptors (Lipinski definition) is 3. The smallest absolute Gasteiger partial charge is 0.420 e. The molecule has 0 aromatic rings. The van der Waals surface area contributed by atoms with E-state index in [1.54, 1.807) is 20.8 Å². The maximum Gasteiger partial charge on any atom is 0.420 e. The van der Waals surface area contributed by atoms with E-state index in [0.717, 1.165) is 0 Å². The number of carbonyl (C=O) groups excluding carboxylic acids is 1. The first-order valence-corrected chi connectivity index (χ1v) is 5.35. The predicted octanol–water partition coefficient (Wildman–Crippen LogP) is 1.99. The average Bonchev–Trinajstić information content (AvgIpc) is 2.14. The Kier molecular flexibility index (Phi) is 5.85. The molecule has 1 amide bonds. The molecule has 0 fully saturated rings. The summed E-state index contributed by atoms with van der Waals surface area (Å²) in [6.45, 7) is 3.73. The maximum absolute atomic E-state index is 13.0. The highest BCUT2D eigenvalue weighted by Gasteiger charge is 2.44. The quantitative estimate of drug-likeness (QED) is 0.770. The Labute approximate surface area is 103 Å². The maximum atomic E-state index is 13.0. The fraction of sp³-hybridized carbons (Fsp3) is 0.900. The molecule has 0 aliphatic carbocycles. The number of amides is 1. The molecule has 0 aromatic carbocycles. The van der Waals surface area contributed by atoms with Crippen molar-refractivity contribution in [1.82, 2.24) is 5.32 Å². The number of halogens is 4. The standard InChI is InChI=1S/C10H18F4N2O2/c1-9(2,3)18-8(17)16-5-6(4-15)7(11)10(12,13)14/h6-7H,4-5,15H2,1-3H3,(H,16,17). The van der Waals surface area contributed by atoms with E-state index < -0.39 is 43.0 Å². The van der Waals surface area contributed by atoms with Gasteiger partial charge in [-0.05, 0) is 27.3 Å². The molecule has 0 aliphatic heterocycles. The minimum atomic E-state index is -4.99. The zero-order valence-corrected chi connectivity index (χ0v) is 10.5. The van der Waals surface area contributed by atoms with Crippen LogP contribution in [-0.4, -0.2) is 37.1 Å². The van der Waals surface area contributed by atoms with Gasteiger partial charge in [0.15, 0.2) is 0 Å². The van der Waals surface area contributed by atoms with E-state index >= 15 is 0 Å². The van der Waals surface area contributed by atoms with Crippen molar-refractivity contribution in [3.8, 4) is 0 Å². The van der Waals surface area contributed by atoms with Gasteiger partial charge >= 0.3 is 12.3 Å². The summed E-state index contributed by atoms with van der Waals surface area (Å²) < 4.78 is 54.1. The Bertz CT molecular complexity index is 276. The van der Waals surface area contributed by atoms with Gasteiger partial charge in [-0.15, -0.1) is 0 Å². The number of ether oxygens (including phenoxy) is 1. The lowest BCUT2D eigenvalue weighted by Crippen LogP contribution is -2.44. The normalized spacial score (nSPS) is 16.0. The molecular weight excluding hydrogens is 256 g/mol. The summed E-state index contributed by atoms with van der Waals surface area (Å²) in [6.07, 6.45) is -8.97. The predicted molar refractivity (Wildman–Crippen MR) is 57.7 cm³/mol. The Hall–Kier alpha value is -1.05. The summed E-state index contributed by atoms with van der Waals surface area (Å²) in [5.41, 5.74) is 4.28. The van der Waals surface area contributed by atoms with Crippen LogP contribution in [0.4, 0.5) is 22.4 Å². The van der Waals surface area contributed by atoms with E-state index in [1.165, 1.54) is 0 Å². The zero-order chi connectivity index (χ0) is 14.6. The van der Waals surface area contributed by atoms with Crippen molar-refractivity contribution in [2.45, 2.75) is 38.7 Å². The molecule has 0 bridgehead atoms. The minimum absolute atomic E-state index is 0.531. The highest BCUT2D eigenvalue weighted by atomic mass is 19.4. The topological polar surface area (TPSA) is 64.3 Å². The lowest BCUT2D eigenvalue weighted by atomic mass is 10.0. The Morgan fingerprint density at radius 2 is 1.83 bits per heavy atom. The molecular formula is C10H18F4N2O2. The molecule has 0 heterocycles. The van der Waals surface area contributed by atoms with Crippen molar-refractivity contribution in [3.05, 3.63) is 0 Å². The molecule has 0 saturated heterocycles. The van der Waals surface area contributed by atoms with E-state index in [-0.39, 0.29) is 0 Å². The zero-order valence-electron chi connectivity index (χ0n) is 10.5. The fourth-order valence-electron chi connectivity index (χ4n) is 1.10. The summed E-state index contributed by atoms with van der Waals surface area (Å²) in [5, 5.41) is 2.06. The molecule has 2 atom stereocenters. The third kappa shape index (κ3) is 6.63. The van der Waals surface area contributed by atoms with Crippen LogP contribution in [0.1, 0.15) is 20.8 Å². The van der Waals surface area contributed by atoms with Gasteiger partial charge in [0.25, 0.3) is 0 Å². The van der Waals surface area contributed by atoms with Crippen LogP contribution in [-0.2, 0) is 4.74 Å². The Morgan fingerprint density at radius 3 is 2.17 bits per heavy atom. The van der Waals surface area contributed by atoms with Gasteiger partial charge in [0.1, 0.15) is 5.60 Å². The lowest BCUT2D eigenvalue weighted by Gasteiger charge is -2.24. The molecule has 3 N–H and O–H groups in total. The molecule has 0 rings (SSSR count).